The van der Waals surface area contributed by atoms with Crippen molar-refractivity contribution in [3.8, 4) is 0 Å². The van der Waals surface area contributed by atoms with Crippen molar-refractivity contribution in [1.82, 2.24) is 0 Å². The molecule has 0 saturated heterocycles. The molecule has 0 radical (unpaired) electrons. The maximum absolute atomic E-state index is 6.79. The second-order valence-corrected chi connectivity index (χ2v) is 20.7. The largest absolute Gasteiger partial charge is 0.418 e. The summed E-state index contributed by atoms with van der Waals surface area (Å²) < 4.78 is 13.1. The van der Waals surface area contributed by atoms with Crippen molar-refractivity contribution in [2.75, 3.05) is 13.2 Å². The van der Waals surface area contributed by atoms with Crippen molar-refractivity contribution in [2.45, 2.75) is 64.0 Å². The minimum absolute atomic E-state index is 0.0463. The van der Waals surface area contributed by atoms with Crippen LogP contribution in [0.1, 0.15) is 46.9 Å². The molecule has 2 atom stereocenters. The molecule has 0 fully saturated rings. The lowest BCUT2D eigenvalue weighted by molar-refractivity contribution is 0.0882. The highest BCUT2D eigenvalue weighted by molar-refractivity contribution is 6.70. The summed E-state index contributed by atoms with van der Waals surface area (Å²) in [6, 6.07) is 17.8. The van der Waals surface area contributed by atoms with Crippen molar-refractivity contribution in [2.24, 2.45) is 5.41 Å². The SMILES string of the molecule is C[Si](C)(C)OCCCC(CO[Si](C)(C)C)(C1C=Cc2ccccc21)C1C=Cc2ccccc21. The smallest absolute Gasteiger partial charge is 0.183 e. The highest BCUT2D eigenvalue weighted by Crippen LogP contribution is 2.56. The summed E-state index contributed by atoms with van der Waals surface area (Å²) >= 11 is 0. The lowest BCUT2D eigenvalue weighted by Gasteiger charge is -2.45. The van der Waals surface area contributed by atoms with Crippen LogP contribution >= 0.6 is 0 Å². The fraction of sp³-hybridized carbons (Fsp3) is 0.448. The number of benzene rings is 2. The topological polar surface area (TPSA) is 18.5 Å². The van der Waals surface area contributed by atoms with E-state index in [1.165, 1.54) is 22.3 Å². The molecule has 0 aromatic heterocycles. The predicted molar refractivity (Wildman–Crippen MR) is 147 cm³/mol. The summed E-state index contributed by atoms with van der Waals surface area (Å²) in [7, 11) is -3.23. The van der Waals surface area contributed by atoms with Crippen molar-refractivity contribution in [3.05, 3.63) is 82.9 Å². The molecule has 33 heavy (non-hydrogen) atoms. The third kappa shape index (κ3) is 5.51. The highest BCUT2D eigenvalue weighted by atomic mass is 28.4. The number of hydrogen-bond acceptors (Lipinski definition) is 2. The summed E-state index contributed by atoms with van der Waals surface area (Å²) in [6.45, 7) is 15.4. The van der Waals surface area contributed by atoms with Crippen molar-refractivity contribution in [1.29, 1.82) is 0 Å². The Morgan fingerprint density at radius 3 is 1.67 bits per heavy atom. The first-order valence-corrected chi connectivity index (χ1v) is 19.2. The van der Waals surface area contributed by atoms with Gasteiger partial charge in [-0.05, 0) is 74.4 Å². The van der Waals surface area contributed by atoms with Crippen LogP contribution in [0.5, 0.6) is 0 Å². The summed E-state index contributed by atoms with van der Waals surface area (Å²) in [6.07, 6.45) is 11.7. The Bertz CT molecular complexity index is 965. The van der Waals surface area contributed by atoms with Crippen LogP contribution in [-0.4, -0.2) is 29.8 Å². The fourth-order valence-electron chi connectivity index (χ4n) is 5.39. The van der Waals surface area contributed by atoms with E-state index in [9.17, 15) is 0 Å². The molecule has 0 amide bonds. The van der Waals surface area contributed by atoms with E-state index in [1.807, 2.05) is 0 Å². The van der Waals surface area contributed by atoms with Gasteiger partial charge in [0.1, 0.15) is 0 Å². The van der Waals surface area contributed by atoms with Crippen LogP contribution in [0.25, 0.3) is 12.2 Å². The molecule has 2 nitrogen and oxygen atoms in total. The molecule has 176 valence electrons. The molecule has 2 unspecified atom stereocenters. The minimum Gasteiger partial charge on any atom is -0.418 e. The van der Waals surface area contributed by atoms with E-state index < -0.39 is 16.6 Å². The van der Waals surface area contributed by atoms with Crippen LogP contribution in [-0.2, 0) is 8.85 Å². The van der Waals surface area contributed by atoms with Crippen LogP contribution < -0.4 is 0 Å². The zero-order valence-corrected chi connectivity index (χ0v) is 23.2. The Kier molecular flexibility index (Phi) is 7.02. The molecule has 0 spiro atoms. The van der Waals surface area contributed by atoms with E-state index in [-0.39, 0.29) is 5.41 Å². The monoisotopic (exact) mass is 476 g/mol. The molecule has 2 aromatic carbocycles. The van der Waals surface area contributed by atoms with E-state index in [4.69, 9.17) is 8.85 Å². The van der Waals surface area contributed by atoms with Gasteiger partial charge in [0.2, 0.25) is 0 Å². The minimum atomic E-state index is -1.70. The van der Waals surface area contributed by atoms with Crippen LogP contribution in [0, 0.1) is 5.41 Å². The molecule has 2 aliphatic carbocycles. The van der Waals surface area contributed by atoms with Crippen LogP contribution in [0.3, 0.4) is 0 Å². The van der Waals surface area contributed by atoms with Crippen LogP contribution in [0.2, 0.25) is 39.3 Å². The van der Waals surface area contributed by atoms with Gasteiger partial charge < -0.3 is 8.85 Å². The third-order valence-electron chi connectivity index (χ3n) is 6.93. The van der Waals surface area contributed by atoms with E-state index in [1.54, 1.807) is 0 Å². The van der Waals surface area contributed by atoms with Gasteiger partial charge in [-0.15, -0.1) is 0 Å². The number of rotatable bonds is 10. The van der Waals surface area contributed by atoms with E-state index in [0.29, 0.717) is 11.8 Å². The van der Waals surface area contributed by atoms with Gasteiger partial charge in [0.25, 0.3) is 0 Å². The Labute approximate surface area is 203 Å². The van der Waals surface area contributed by atoms with Gasteiger partial charge in [-0.1, -0.05) is 72.8 Å². The zero-order valence-electron chi connectivity index (χ0n) is 21.2. The molecule has 0 bridgehead atoms. The quantitative estimate of drug-likeness (QED) is 0.255. The molecule has 4 heteroatoms. The molecule has 0 N–H and O–H groups in total. The average Bonchev–Trinajstić information content (AvgIpc) is 3.37. The lowest BCUT2D eigenvalue weighted by atomic mass is 9.61. The van der Waals surface area contributed by atoms with Gasteiger partial charge in [0.05, 0.1) is 0 Å². The molecular weight excluding hydrogens is 436 g/mol. The van der Waals surface area contributed by atoms with Crippen LogP contribution in [0.4, 0.5) is 0 Å². The summed E-state index contributed by atoms with van der Waals surface area (Å²) in [4.78, 5) is 0. The highest BCUT2D eigenvalue weighted by Gasteiger charge is 2.48. The maximum atomic E-state index is 6.79. The molecule has 0 heterocycles. The van der Waals surface area contributed by atoms with Gasteiger partial charge in [-0.25, -0.2) is 0 Å². The van der Waals surface area contributed by atoms with E-state index >= 15 is 0 Å². The van der Waals surface area contributed by atoms with Gasteiger partial charge >= 0.3 is 0 Å². The Morgan fingerprint density at radius 1 is 0.697 bits per heavy atom. The van der Waals surface area contributed by atoms with Gasteiger partial charge in [-0.2, -0.15) is 0 Å². The van der Waals surface area contributed by atoms with Gasteiger partial charge in [0, 0.05) is 30.5 Å². The molecular formula is C29H40O2Si2. The zero-order chi connectivity index (χ0) is 23.7. The molecule has 2 aliphatic rings. The van der Waals surface area contributed by atoms with E-state index in [0.717, 1.165) is 26.1 Å². The summed E-state index contributed by atoms with van der Waals surface area (Å²) in [5.41, 5.74) is 5.55. The first-order valence-electron chi connectivity index (χ1n) is 12.4. The Morgan fingerprint density at radius 2 is 1.18 bits per heavy atom. The number of hydrogen-bond donors (Lipinski definition) is 0. The molecule has 0 saturated carbocycles. The Hall–Kier alpha value is -1.73. The standard InChI is InChI=1S/C29H40O2Si2/c1-32(2,3)30-21-11-20-29(22-31-33(4,5)6,27-18-16-23-12-7-9-14-25(23)27)28-19-17-24-13-8-10-15-26(24)28/h7-10,12-19,27-28H,11,20-22H2,1-6H3. The van der Waals surface area contributed by atoms with Gasteiger partial charge in [0.15, 0.2) is 16.6 Å². The predicted octanol–water partition coefficient (Wildman–Crippen LogP) is 8.08. The first kappa shape index (κ1) is 24.4. The first-order chi connectivity index (χ1) is 15.6. The fourth-order valence-corrected chi connectivity index (χ4v) is 6.85. The van der Waals surface area contributed by atoms with Crippen molar-refractivity contribution < 1.29 is 8.85 Å². The van der Waals surface area contributed by atoms with Crippen LogP contribution in [0.15, 0.2) is 60.7 Å². The number of fused-ring (bicyclic) bond motifs is 2. The number of allylic oxidation sites excluding steroid dienone is 2. The second kappa shape index (κ2) is 9.49. The normalized spacial score (nSPS) is 21.2. The lowest BCUT2D eigenvalue weighted by Crippen LogP contribution is -2.42. The van der Waals surface area contributed by atoms with Gasteiger partial charge in [-0.3, -0.25) is 0 Å². The third-order valence-corrected chi connectivity index (χ3v) is 9.01. The molecule has 0 aliphatic heterocycles. The molecule has 4 rings (SSSR count). The van der Waals surface area contributed by atoms with E-state index in [2.05, 4.69) is 112 Å². The Balaban J connectivity index is 1.76. The van der Waals surface area contributed by atoms with Crippen molar-refractivity contribution in [3.63, 3.8) is 0 Å². The van der Waals surface area contributed by atoms with Crippen molar-refractivity contribution >= 4 is 28.8 Å². The molecule has 2 aromatic rings. The average molecular weight is 477 g/mol. The summed E-state index contributed by atoms with van der Waals surface area (Å²) in [5.74, 6) is 0.662. The second-order valence-electron chi connectivity index (χ2n) is 11.6. The summed E-state index contributed by atoms with van der Waals surface area (Å²) in [5, 5.41) is 0. The maximum Gasteiger partial charge on any atom is 0.183 e.